The molecule has 13 heteroatoms. The molecule has 286 valence electrons. The minimum Gasteiger partial charge on any atom is -0.494 e. The Hall–Kier alpha value is -4.68. The number of nitrogens with one attached hydrogen (secondary N) is 3. The Morgan fingerprint density at radius 1 is 0.923 bits per heavy atom. The van der Waals surface area contributed by atoms with Crippen LogP contribution in [0, 0.1) is 12.8 Å². The van der Waals surface area contributed by atoms with Crippen molar-refractivity contribution in [1.82, 2.24) is 25.8 Å². The second-order valence-electron chi connectivity index (χ2n) is 15.4. The van der Waals surface area contributed by atoms with Crippen molar-refractivity contribution in [1.29, 1.82) is 0 Å². The summed E-state index contributed by atoms with van der Waals surface area (Å²) < 4.78 is 17.0. The predicted octanol–water partition coefficient (Wildman–Crippen LogP) is 4.78. The number of hydrogen-bond donors (Lipinski definition) is 3. The van der Waals surface area contributed by atoms with E-state index in [1.165, 1.54) is 6.92 Å². The molecule has 2 unspecified atom stereocenters. The standard InChI is InChI=1S/C39H57N5O8/c1-26-11-13-31(50-21-17-29-10-9-20-44(25-29)37(49)52-39(6,7)8)22-30(26)24-41-35(47)32(14-12-28-15-18-40-19-16-28)43-36(48)33(42-27(2)45)23-34(46)51-38(3,4)5/h11,13,15-16,18-19,22,29,32-33H,9-10,12,14,17,20-21,23-25H2,1-8H3,(H,41,47)(H,42,45)(H,43,48)/t29?,32?,33-/m0/s1. The van der Waals surface area contributed by atoms with E-state index in [4.69, 9.17) is 14.2 Å². The van der Waals surface area contributed by atoms with Gasteiger partial charge in [0.2, 0.25) is 17.7 Å². The highest BCUT2D eigenvalue weighted by molar-refractivity contribution is 5.94. The highest BCUT2D eigenvalue weighted by atomic mass is 16.6. The van der Waals surface area contributed by atoms with Crippen molar-refractivity contribution in [2.45, 2.75) is 124 Å². The molecule has 1 fully saturated rings. The van der Waals surface area contributed by atoms with E-state index in [-0.39, 0.29) is 19.1 Å². The Morgan fingerprint density at radius 3 is 2.27 bits per heavy atom. The van der Waals surface area contributed by atoms with E-state index >= 15 is 0 Å². The number of aromatic nitrogens is 1. The van der Waals surface area contributed by atoms with E-state index < -0.39 is 53.4 Å². The molecule has 1 aliphatic heterocycles. The summed E-state index contributed by atoms with van der Waals surface area (Å²) in [5.41, 5.74) is 1.42. The van der Waals surface area contributed by atoms with Crippen LogP contribution in [0.15, 0.2) is 42.7 Å². The lowest BCUT2D eigenvalue weighted by Crippen LogP contribution is -2.54. The smallest absolute Gasteiger partial charge is 0.410 e. The summed E-state index contributed by atoms with van der Waals surface area (Å²) in [5, 5.41) is 8.22. The molecule has 1 aromatic heterocycles. The fourth-order valence-electron chi connectivity index (χ4n) is 5.78. The molecule has 0 radical (unpaired) electrons. The van der Waals surface area contributed by atoms with Gasteiger partial charge in [0.15, 0.2) is 0 Å². The molecule has 1 aliphatic rings. The van der Waals surface area contributed by atoms with Crippen molar-refractivity contribution in [3.05, 3.63) is 59.4 Å². The first-order valence-corrected chi connectivity index (χ1v) is 18.0. The summed E-state index contributed by atoms with van der Waals surface area (Å²) in [5.74, 6) is -1.27. The summed E-state index contributed by atoms with van der Waals surface area (Å²) >= 11 is 0. The molecule has 1 aromatic carbocycles. The van der Waals surface area contributed by atoms with Gasteiger partial charge in [0.1, 0.15) is 29.0 Å². The highest BCUT2D eigenvalue weighted by Crippen LogP contribution is 2.23. The third-order valence-electron chi connectivity index (χ3n) is 8.33. The number of benzene rings is 1. The molecular formula is C39H57N5O8. The summed E-state index contributed by atoms with van der Waals surface area (Å²) in [4.78, 5) is 70.0. The van der Waals surface area contributed by atoms with Crippen LogP contribution < -0.4 is 20.7 Å². The van der Waals surface area contributed by atoms with Crippen LogP contribution in [0.1, 0.15) is 97.3 Å². The second-order valence-corrected chi connectivity index (χ2v) is 15.4. The van der Waals surface area contributed by atoms with Gasteiger partial charge in [0.25, 0.3) is 0 Å². The summed E-state index contributed by atoms with van der Waals surface area (Å²) in [6.07, 6.45) is 6.08. The fraction of sp³-hybridized carbons (Fsp3) is 0.590. The highest BCUT2D eigenvalue weighted by Gasteiger charge is 2.30. The second kappa shape index (κ2) is 19.2. The minimum atomic E-state index is -1.23. The number of piperidine rings is 1. The average Bonchev–Trinajstić information content (AvgIpc) is 3.05. The van der Waals surface area contributed by atoms with Gasteiger partial charge in [-0.05, 0) is 127 Å². The van der Waals surface area contributed by atoms with E-state index in [0.717, 1.165) is 36.0 Å². The zero-order valence-electron chi connectivity index (χ0n) is 32.0. The van der Waals surface area contributed by atoms with Crippen LogP contribution in [0.4, 0.5) is 4.79 Å². The van der Waals surface area contributed by atoms with Crippen molar-refractivity contribution >= 4 is 29.8 Å². The van der Waals surface area contributed by atoms with Gasteiger partial charge in [-0.25, -0.2) is 4.79 Å². The molecule has 3 N–H and O–H groups in total. The lowest BCUT2D eigenvalue weighted by atomic mass is 9.95. The van der Waals surface area contributed by atoms with Crippen molar-refractivity contribution < 1.29 is 38.2 Å². The summed E-state index contributed by atoms with van der Waals surface area (Å²) in [7, 11) is 0. The fourth-order valence-corrected chi connectivity index (χ4v) is 5.78. The molecule has 0 spiro atoms. The van der Waals surface area contributed by atoms with Gasteiger partial charge in [-0.2, -0.15) is 0 Å². The first kappa shape index (κ1) is 41.7. The molecule has 3 rings (SSSR count). The minimum absolute atomic E-state index is 0.185. The zero-order valence-corrected chi connectivity index (χ0v) is 32.0. The lowest BCUT2D eigenvalue weighted by Gasteiger charge is -2.34. The monoisotopic (exact) mass is 723 g/mol. The summed E-state index contributed by atoms with van der Waals surface area (Å²) in [6.45, 7) is 15.9. The number of amides is 4. The number of esters is 1. The molecule has 52 heavy (non-hydrogen) atoms. The zero-order chi connectivity index (χ0) is 38.5. The van der Waals surface area contributed by atoms with Gasteiger partial charge in [-0.1, -0.05) is 6.07 Å². The van der Waals surface area contributed by atoms with Crippen molar-refractivity contribution in [2.24, 2.45) is 5.92 Å². The third-order valence-corrected chi connectivity index (χ3v) is 8.33. The summed E-state index contributed by atoms with van der Waals surface area (Å²) in [6, 6.07) is 7.18. The number of pyridine rings is 1. The van der Waals surface area contributed by atoms with E-state index in [1.54, 1.807) is 38.1 Å². The molecule has 3 atom stereocenters. The van der Waals surface area contributed by atoms with E-state index in [0.29, 0.717) is 37.8 Å². The van der Waals surface area contributed by atoms with E-state index in [1.807, 2.05) is 58.0 Å². The molecule has 2 aromatic rings. The largest absolute Gasteiger partial charge is 0.494 e. The SMILES string of the molecule is CC(=O)N[C@@H](CC(=O)OC(C)(C)C)C(=O)NC(CCc1ccncc1)C(=O)NCc1cc(OCCC2CCCN(C(=O)OC(C)(C)C)C2)ccc1C. The van der Waals surface area contributed by atoms with Crippen molar-refractivity contribution in [2.75, 3.05) is 19.7 Å². The number of ether oxygens (including phenoxy) is 3. The maximum absolute atomic E-state index is 13.6. The topological polar surface area (TPSA) is 165 Å². The number of likely N-dealkylation sites (tertiary alicyclic amines) is 1. The molecule has 13 nitrogen and oxygen atoms in total. The molecule has 4 amide bonds. The van der Waals surface area contributed by atoms with Gasteiger partial charge in [0.05, 0.1) is 13.0 Å². The number of rotatable bonds is 15. The van der Waals surface area contributed by atoms with E-state index in [2.05, 4.69) is 20.9 Å². The number of nitrogens with zero attached hydrogens (tertiary/aromatic N) is 2. The molecule has 0 saturated carbocycles. The number of carbonyl (C=O) groups is 5. The molecule has 0 aliphatic carbocycles. The normalized spacial score (nSPS) is 15.8. The van der Waals surface area contributed by atoms with Gasteiger partial charge < -0.3 is 35.1 Å². The molecule has 0 bridgehead atoms. The quantitative estimate of drug-likeness (QED) is 0.220. The molecule has 1 saturated heterocycles. The number of hydrogen-bond acceptors (Lipinski definition) is 9. The van der Waals surface area contributed by atoms with Crippen LogP contribution in [-0.4, -0.2) is 82.7 Å². The lowest BCUT2D eigenvalue weighted by molar-refractivity contribution is -0.156. The van der Waals surface area contributed by atoms with Crippen LogP contribution >= 0.6 is 0 Å². The van der Waals surface area contributed by atoms with Crippen molar-refractivity contribution in [3.63, 3.8) is 0 Å². The van der Waals surface area contributed by atoms with Gasteiger partial charge in [-0.3, -0.25) is 24.2 Å². The van der Waals surface area contributed by atoms with Crippen LogP contribution in [0.3, 0.4) is 0 Å². The Labute approximate surface area is 307 Å². The Bertz CT molecular complexity index is 1520. The first-order valence-electron chi connectivity index (χ1n) is 18.0. The van der Waals surface area contributed by atoms with Gasteiger partial charge in [-0.15, -0.1) is 0 Å². The third kappa shape index (κ3) is 15.3. The van der Waals surface area contributed by atoms with Gasteiger partial charge in [0, 0.05) is 39.0 Å². The molecular weight excluding hydrogens is 666 g/mol. The van der Waals surface area contributed by atoms with E-state index in [9.17, 15) is 24.0 Å². The first-order chi connectivity index (χ1) is 24.4. The maximum Gasteiger partial charge on any atom is 0.410 e. The Morgan fingerprint density at radius 2 is 1.62 bits per heavy atom. The van der Waals surface area contributed by atoms with Crippen LogP contribution in [-0.2, 0) is 41.6 Å². The maximum atomic E-state index is 13.6. The van der Waals surface area contributed by atoms with Crippen LogP contribution in [0.2, 0.25) is 0 Å². The molecule has 2 heterocycles. The Kier molecular flexibility index (Phi) is 15.4. The average molecular weight is 724 g/mol. The number of carbonyl (C=O) groups excluding carboxylic acids is 5. The Balaban J connectivity index is 1.63. The van der Waals surface area contributed by atoms with Crippen LogP contribution in [0.5, 0.6) is 5.75 Å². The number of aryl methyl sites for hydroxylation is 2. The van der Waals surface area contributed by atoms with Crippen molar-refractivity contribution in [3.8, 4) is 5.75 Å². The predicted molar refractivity (Wildman–Crippen MR) is 196 cm³/mol. The van der Waals surface area contributed by atoms with Crippen LogP contribution in [0.25, 0.3) is 0 Å². The van der Waals surface area contributed by atoms with Gasteiger partial charge >= 0.3 is 12.1 Å².